The number of nitrogens with zero attached hydrogens (tertiary/aromatic N) is 6. The average Bonchev–Trinajstić information content (AvgIpc) is 3.30. The van der Waals surface area contributed by atoms with Gasteiger partial charge in [0, 0.05) is 11.4 Å². The minimum Gasteiger partial charge on any atom is -0.237 e. The van der Waals surface area contributed by atoms with E-state index < -0.39 is 12.7 Å². The van der Waals surface area contributed by atoms with Gasteiger partial charge in [-0.05, 0) is 59.5 Å². The molecule has 0 unspecified atom stereocenters. The lowest BCUT2D eigenvalue weighted by atomic mass is 10.2. The maximum atomic E-state index is 13.2. The second-order valence-electron chi connectivity index (χ2n) is 6.14. The molecule has 1 aromatic carbocycles. The molecule has 0 saturated heterocycles. The summed E-state index contributed by atoms with van der Waals surface area (Å²) in [4.78, 5) is 0. The minimum atomic E-state index is -4.39. The summed E-state index contributed by atoms with van der Waals surface area (Å²) in [6.45, 7) is -1.23. The fraction of sp³-hybridized carbons (Fsp3) is 0.375. The van der Waals surface area contributed by atoms with E-state index in [-0.39, 0.29) is 11.0 Å². The van der Waals surface area contributed by atoms with Gasteiger partial charge >= 0.3 is 6.18 Å². The second kappa shape index (κ2) is 6.95. The van der Waals surface area contributed by atoms with Crippen molar-refractivity contribution in [2.24, 2.45) is 0 Å². The molecule has 0 amide bonds. The van der Waals surface area contributed by atoms with Crippen molar-refractivity contribution in [2.75, 3.05) is 0 Å². The molecular weight excluding hydrogens is 384 g/mol. The van der Waals surface area contributed by atoms with Gasteiger partial charge in [-0.15, -0.1) is 5.10 Å². The Hall–Kier alpha value is -2.43. The van der Waals surface area contributed by atoms with Crippen LogP contribution in [0.15, 0.2) is 29.4 Å². The number of hydrogen-bond acceptors (Lipinski definition) is 5. The molecule has 2 aromatic heterocycles. The lowest BCUT2D eigenvalue weighted by Crippen LogP contribution is -2.19. The maximum absolute atomic E-state index is 13.2. The first-order valence-corrected chi connectivity index (χ1v) is 9.20. The Bertz CT molecular complexity index is 947. The molecule has 0 atom stereocenters. The smallest absolute Gasteiger partial charge is 0.237 e. The molecule has 3 aromatic rings. The summed E-state index contributed by atoms with van der Waals surface area (Å²) in [5.41, 5.74) is 3.71. The predicted molar refractivity (Wildman–Crippen MR) is 89.0 cm³/mol. The number of alkyl halides is 3. The summed E-state index contributed by atoms with van der Waals surface area (Å²) >= 11 is 1.12. The molecule has 6 nitrogen and oxygen atoms in total. The van der Waals surface area contributed by atoms with Gasteiger partial charge in [-0.1, -0.05) is 11.8 Å². The highest BCUT2D eigenvalue weighted by atomic mass is 32.2. The zero-order chi connectivity index (χ0) is 19.0. The lowest BCUT2D eigenvalue weighted by molar-refractivity contribution is -0.144. The summed E-state index contributed by atoms with van der Waals surface area (Å²) in [6.07, 6.45) is -1.69. The molecule has 0 aliphatic heterocycles. The lowest BCUT2D eigenvalue weighted by Gasteiger charge is -2.07. The first-order chi connectivity index (χ1) is 12.9. The van der Waals surface area contributed by atoms with Crippen LogP contribution in [-0.2, 0) is 25.1 Å². The molecule has 4 rings (SSSR count). The number of thioether (sulfide) groups is 1. The summed E-state index contributed by atoms with van der Waals surface area (Å²) < 4.78 is 53.5. The topological polar surface area (TPSA) is 61.4 Å². The largest absolute Gasteiger partial charge is 0.408 e. The predicted octanol–water partition coefficient (Wildman–Crippen LogP) is 3.34. The third-order valence-electron chi connectivity index (χ3n) is 4.25. The monoisotopic (exact) mass is 398 g/mol. The summed E-state index contributed by atoms with van der Waals surface area (Å²) in [7, 11) is 0. The van der Waals surface area contributed by atoms with Gasteiger partial charge < -0.3 is 0 Å². The molecule has 1 aliphatic rings. The van der Waals surface area contributed by atoms with Gasteiger partial charge in [0.25, 0.3) is 0 Å². The standard InChI is InChI=1S/C16H14F4N6S/c17-10-4-6-11(7-5-10)26-14-3-1-2-12(14)13(22-26)8-27-15-21-23-24-25(15)9-16(18,19)20/h4-7H,1-3,8-9H2. The number of halogens is 4. The van der Waals surface area contributed by atoms with E-state index in [1.54, 1.807) is 16.8 Å². The van der Waals surface area contributed by atoms with Crippen LogP contribution in [-0.4, -0.2) is 36.2 Å². The Morgan fingerprint density at radius 2 is 1.89 bits per heavy atom. The third kappa shape index (κ3) is 3.82. The number of rotatable bonds is 5. The first kappa shape index (κ1) is 18.0. The SMILES string of the molecule is Fc1ccc(-n2nc(CSc3nnnn3CC(F)(F)F)c3c2CCC3)cc1. The average molecular weight is 398 g/mol. The van der Waals surface area contributed by atoms with E-state index in [2.05, 4.69) is 20.6 Å². The number of tetrazole rings is 1. The van der Waals surface area contributed by atoms with Crippen molar-refractivity contribution in [2.45, 2.75) is 42.9 Å². The highest BCUT2D eigenvalue weighted by Gasteiger charge is 2.30. The van der Waals surface area contributed by atoms with Gasteiger partial charge in [-0.2, -0.15) is 18.3 Å². The number of hydrogen-bond donors (Lipinski definition) is 0. The molecule has 0 bridgehead atoms. The molecule has 142 valence electrons. The molecule has 0 fully saturated rings. The highest BCUT2D eigenvalue weighted by Crippen LogP contribution is 2.31. The molecule has 1 aliphatic carbocycles. The van der Waals surface area contributed by atoms with Crippen LogP contribution in [0.2, 0.25) is 0 Å². The summed E-state index contributed by atoms with van der Waals surface area (Å²) in [6, 6.07) is 6.06. The Morgan fingerprint density at radius 3 is 2.63 bits per heavy atom. The van der Waals surface area contributed by atoms with Crippen LogP contribution in [0.1, 0.15) is 23.4 Å². The van der Waals surface area contributed by atoms with Crippen LogP contribution < -0.4 is 0 Å². The van der Waals surface area contributed by atoms with Gasteiger partial charge in [0.1, 0.15) is 12.4 Å². The number of aromatic nitrogens is 6. The van der Waals surface area contributed by atoms with Crippen molar-refractivity contribution in [1.82, 2.24) is 30.0 Å². The quantitative estimate of drug-likeness (QED) is 0.487. The fourth-order valence-electron chi connectivity index (χ4n) is 3.13. The van der Waals surface area contributed by atoms with Gasteiger partial charge in [0.15, 0.2) is 0 Å². The van der Waals surface area contributed by atoms with E-state index in [9.17, 15) is 17.6 Å². The molecule has 27 heavy (non-hydrogen) atoms. The zero-order valence-corrected chi connectivity index (χ0v) is 14.8. The van der Waals surface area contributed by atoms with E-state index in [4.69, 9.17) is 0 Å². The Kier molecular flexibility index (Phi) is 4.62. The zero-order valence-electron chi connectivity index (χ0n) is 13.9. The van der Waals surface area contributed by atoms with Gasteiger partial charge in [-0.3, -0.25) is 0 Å². The van der Waals surface area contributed by atoms with E-state index in [1.165, 1.54) is 12.1 Å². The molecule has 0 saturated carbocycles. The van der Waals surface area contributed by atoms with Crippen molar-refractivity contribution in [3.05, 3.63) is 47.0 Å². The van der Waals surface area contributed by atoms with Gasteiger partial charge in [-0.25, -0.2) is 13.8 Å². The van der Waals surface area contributed by atoms with Crippen LogP contribution in [0.3, 0.4) is 0 Å². The molecule has 0 radical (unpaired) electrons. The molecular formula is C16H14F4N6S. The third-order valence-corrected chi connectivity index (χ3v) is 5.22. The first-order valence-electron chi connectivity index (χ1n) is 8.22. The number of benzene rings is 1. The van der Waals surface area contributed by atoms with Crippen molar-refractivity contribution >= 4 is 11.8 Å². The van der Waals surface area contributed by atoms with Gasteiger partial charge in [0.2, 0.25) is 5.16 Å². The molecule has 0 spiro atoms. The molecule has 2 heterocycles. The normalized spacial score (nSPS) is 13.9. The molecule has 11 heteroatoms. The van der Waals surface area contributed by atoms with Crippen molar-refractivity contribution in [3.8, 4) is 5.69 Å². The highest BCUT2D eigenvalue weighted by molar-refractivity contribution is 7.98. The summed E-state index contributed by atoms with van der Waals surface area (Å²) in [5.74, 6) is 0.0317. The van der Waals surface area contributed by atoms with Crippen LogP contribution in [0, 0.1) is 5.82 Å². The van der Waals surface area contributed by atoms with Crippen LogP contribution in [0.5, 0.6) is 0 Å². The minimum absolute atomic E-state index is 0.0930. The van der Waals surface area contributed by atoms with E-state index in [0.29, 0.717) is 5.75 Å². The van der Waals surface area contributed by atoms with Gasteiger partial charge in [0.05, 0.1) is 11.4 Å². The Labute approximate surface area is 155 Å². The second-order valence-corrected chi connectivity index (χ2v) is 7.08. The summed E-state index contributed by atoms with van der Waals surface area (Å²) in [5, 5.41) is 15.1. The van der Waals surface area contributed by atoms with E-state index in [1.807, 2.05) is 0 Å². The van der Waals surface area contributed by atoms with Crippen molar-refractivity contribution in [1.29, 1.82) is 0 Å². The molecule has 0 N–H and O–H groups in total. The fourth-order valence-corrected chi connectivity index (χ4v) is 3.97. The van der Waals surface area contributed by atoms with Crippen molar-refractivity contribution in [3.63, 3.8) is 0 Å². The van der Waals surface area contributed by atoms with Crippen LogP contribution in [0.25, 0.3) is 5.69 Å². The van der Waals surface area contributed by atoms with Crippen LogP contribution in [0.4, 0.5) is 17.6 Å². The van der Waals surface area contributed by atoms with E-state index in [0.717, 1.165) is 58.3 Å². The van der Waals surface area contributed by atoms with Crippen molar-refractivity contribution < 1.29 is 17.6 Å². The Morgan fingerprint density at radius 1 is 1.11 bits per heavy atom. The van der Waals surface area contributed by atoms with Crippen LogP contribution >= 0.6 is 11.8 Å². The maximum Gasteiger partial charge on any atom is 0.408 e. The van der Waals surface area contributed by atoms with E-state index >= 15 is 0 Å². The number of fused-ring (bicyclic) bond motifs is 1. The Balaban J connectivity index is 1.57.